The molecule has 0 aromatic rings. The molecule has 0 saturated heterocycles. The highest BCUT2D eigenvalue weighted by Gasteiger charge is 2.04. The highest BCUT2D eigenvalue weighted by Crippen LogP contribution is 2.10. The van der Waals surface area contributed by atoms with Crippen molar-refractivity contribution in [3.8, 4) is 0 Å². The smallest absolute Gasteiger partial charge is 0.0584 e. The third-order valence-corrected chi connectivity index (χ3v) is 5.63. The minimum absolute atomic E-state index is 0.146. The first-order valence-corrected chi connectivity index (χ1v) is 13.2. The Kier molecular flexibility index (Phi) is 30.8. The van der Waals surface area contributed by atoms with Gasteiger partial charge < -0.3 is 20.4 Å². The Morgan fingerprint density at radius 2 is 1.07 bits per heavy atom. The third kappa shape index (κ3) is 30.0. The van der Waals surface area contributed by atoms with Crippen LogP contribution in [0.15, 0.2) is 0 Å². The van der Waals surface area contributed by atoms with E-state index in [2.05, 4.69) is 38.2 Å². The normalized spacial score (nSPS) is 12.1. The molecule has 0 fully saturated rings. The van der Waals surface area contributed by atoms with E-state index in [1.54, 1.807) is 0 Å². The summed E-state index contributed by atoms with van der Waals surface area (Å²) in [4.78, 5) is 2.28. The van der Waals surface area contributed by atoms with E-state index < -0.39 is 0 Å². The van der Waals surface area contributed by atoms with Gasteiger partial charge in [0.05, 0.1) is 13.2 Å². The summed E-state index contributed by atoms with van der Waals surface area (Å²) < 4.78 is 0. The molecule has 0 bridgehead atoms. The minimum atomic E-state index is 0.146. The third-order valence-electron chi connectivity index (χ3n) is 5.63. The second kappa shape index (κ2) is 28.8. The predicted octanol–water partition coefficient (Wildman–Crippen LogP) is 6.15. The minimum Gasteiger partial charge on any atom is -0.395 e. The van der Waals surface area contributed by atoms with E-state index in [9.17, 15) is 0 Å². The molecule has 30 heavy (non-hydrogen) atoms. The maximum absolute atomic E-state index is 9.05. The summed E-state index contributed by atoms with van der Waals surface area (Å²) in [5.74, 6) is 0. The molecular weight excluding hydrogens is 372 g/mol. The van der Waals surface area contributed by atoms with Gasteiger partial charge in [-0.2, -0.15) is 0 Å². The van der Waals surface area contributed by atoms with E-state index in [0.29, 0.717) is 6.54 Å². The predicted molar refractivity (Wildman–Crippen MR) is 134 cm³/mol. The van der Waals surface area contributed by atoms with E-state index in [0.717, 1.165) is 6.42 Å². The zero-order valence-electron chi connectivity index (χ0n) is 21.3. The van der Waals surface area contributed by atoms with Gasteiger partial charge in [-0.1, -0.05) is 110 Å². The number of hydrogen-bond donors (Lipinski definition) is 3. The number of aliphatic hydroxyl groups excluding tert-OH is 2. The molecule has 0 aromatic heterocycles. The van der Waals surface area contributed by atoms with E-state index in [1.807, 2.05) is 0 Å². The molecule has 0 rings (SSSR count). The number of unbranched alkanes of at least 4 members (excludes halogenated alkanes) is 14. The van der Waals surface area contributed by atoms with Crippen molar-refractivity contribution in [1.82, 2.24) is 10.2 Å². The average molecular weight is 431 g/mol. The molecule has 0 heterocycles. The molecule has 1 unspecified atom stereocenters. The molecular formula is C26H58N2O2. The first-order valence-electron chi connectivity index (χ1n) is 13.2. The first kappa shape index (κ1) is 32.0. The fourth-order valence-corrected chi connectivity index (χ4v) is 3.61. The van der Waals surface area contributed by atoms with Gasteiger partial charge in [0.1, 0.15) is 0 Å². The Hall–Kier alpha value is -0.160. The molecule has 4 nitrogen and oxygen atoms in total. The lowest BCUT2D eigenvalue weighted by atomic mass is 10.1. The standard InChI is InChI=1S/C14H31N.C12H27NO2/c1-4-5-6-7-8-9-10-11-12-13-14-15(2)3;1-2-3-4-5-6-7-8-12(11-15)13-9-10-14/h4-14H2,1-3H3;12-15H,2-11H2,1H3. The van der Waals surface area contributed by atoms with Crippen molar-refractivity contribution in [2.24, 2.45) is 0 Å². The largest absolute Gasteiger partial charge is 0.395 e. The second-order valence-electron chi connectivity index (χ2n) is 9.10. The zero-order chi connectivity index (χ0) is 22.7. The average Bonchev–Trinajstić information content (AvgIpc) is 2.74. The van der Waals surface area contributed by atoms with Crippen molar-refractivity contribution in [3.63, 3.8) is 0 Å². The number of rotatable bonds is 22. The van der Waals surface area contributed by atoms with Crippen molar-refractivity contribution >= 4 is 0 Å². The van der Waals surface area contributed by atoms with Gasteiger partial charge in [0.15, 0.2) is 0 Å². The maximum Gasteiger partial charge on any atom is 0.0584 e. The zero-order valence-corrected chi connectivity index (χ0v) is 21.3. The van der Waals surface area contributed by atoms with E-state index >= 15 is 0 Å². The summed E-state index contributed by atoms with van der Waals surface area (Å²) in [6.07, 6.45) is 23.1. The number of aliphatic hydroxyl groups is 2. The highest BCUT2D eigenvalue weighted by molar-refractivity contribution is 4.64. The maximum atomic E-state index is 9.05. The summed E-state index contributed by atoms with van der Waals surface area (Å²) >= 11 is 0. The van der Waals surface area contributed by atoms with Crippen LogP contribution in [0.25, 0.3) is 0 Å². The number of nitrogens with one attached hydrogen (secondary N) is 1. The Balaban J connectivity index is 0. The molecule has 4 heteroatoms. The number of hydrogen-bond acceptors (Lipinski definition) is 4. The van der Waals surface area contributed by atoms with Gasteiger partial charge >= 0.3 is 0 Å². The van der Waals surface area contributed by atoms with E-state index in [1.165, 1.54) is 109 Å². The topological polar surface area (TPSA) is 55.7 Å². The fraction of sp³-hybridized carbons (Fsp3) is 1.00. The van der Waals surface area contributed by atoms with Gasteiger partial charge in [-0.3, -0.25) is 0 Å². The summed E-state index contributed by atoms with van der Waals surface area (Å²) in [6.45, 7) is 6.67. The van der Waals surface area contributed by atoms with Crippen LogP contribution in [0.4, 0.5) is 0 Å². The van der Waals surface area contributed by atoms with Crippen molar-refractivity contribution in [2.45, 2.75) is 129 Å². The van der Waals surface area contributed by atoms with Gasteiger partial charge in [-0.15, -0.1) is 0 Å². The van der Waals surface area contributed by atoms with Crippen molar-refractivity contribution < 1.29 is 10.2 Å². The van der Waals surface area contributed by atoms with Crippen LogP contribution in [-0.2, 0) is 0 Å². The van der Waals surface area contributed by atoms with Gasteiger partial charge in [0, 0.05) is 12.6 Å². The summed E-state index contributed by atoms with van der Waals surface area (Å²) in [6, 6.07) is 0.170. The molecule has 0 aliphatic rings. The Labute approximate surface area is 190 Å². The Morgan fingerprint density at radius 3 is 1.47 bits per heavy atom. The Bertz CT molecular complexity index is 288. The van der Waals surface area contributed by atoms with E-state index in [-0.39, 0.29) is 19.3 Å². The molecule has 0 amide bonds. The number of nitrogens with zero attached hydrogens (tertiary/aromatic N) is 1. The SMILES string of the molecule is CCCCCCCCC(CO)NCCO.CCCCCCCCCCCCN(C)C. The van der Waals surface area contributed by atoms with Gasteiger partial charge in [-0.05, 0) is 33.5 Å². The van der Waals surface area contributed by atoms with E-state index in [4.69, 9.17) is 10.2 Å². The van der Waals surface area contributed by atoms with Crippen LogP contribution in [0.5, 0.6) is 0 Å². The lowest BCUT2D eigenvalue weighted by Gasteiger charge is -2.15. The molecule has 0 radical (unpaired) electrons. The van der Waals surface area contributed by atoms with Crippen LogP contribution in [0, 0.1) is 0 Å². The van der Waals surface area contributed by atoms with Crippen molar-refractivity contribution in [1.29, 1.82) is 0 Å². The summed E-state index contributed by atoms with van der Waals surface area (Å²) in [7, 11) is 4.32. The molecule has 0 aliphatic heterocycles. The van der Waals surface area contributed by atoms with Crippen LogP contribution in [0.2, 0.25) is 0 Å². The molecule has 1 atom stereocenters. The molecule has 0 aromatic carbocycles. The fourth-order valence-electron chi connectivity index (χ4n) is 3.61. The van der Waals surface area contributed by atoms with Crippen LogP contribution >= 0.6 is 0 Å². The quantitative estimate of drug-likeness (QED) is 0.180. The summed E-state index contributed by atoms with van der Waals surface area (Å²) in [5.41, 5.74) is 0. The van der Waals surface area contributed by atoms with Crippen LogP contribution in [0.1, 0.15) is 123 Å². The van der Waals surface area contributed by atoms with Gasteiger partial charge in [0.2, 0.25) is 0 Å². The van der Waals surface area contributed by atoms with Crippen molar-refractivity contribution in [2.75, 3.05) is 40.4 Å². The second-order valence-corrected chi connectivity index (χ2v) is 9.10. The lowest BCUT2D eigenvalue weighted by Crippen LogP contribution is -2.34. The Morgan fingerprint density at radius 1 is 0.633 bits per heavy atom. The summed E-state index contributed by atoms with van der Waals surface area (Å²) in [5, 5.41) is 20.8. The molecule has 3 N–H and O–H groups in total. The van der Waals surface area contributed by atoms with Gasteiger partial charge in [-0.25, -0.2) is 0 Å². The molecule has 0 saturated carbocycles. The molecule has 0 spiro atoms. The van der Waals surface area contributed by atoms with Crippen LogP contribution < -0.4 is 5.32 Å². The lowest BCUT2D eigenvalue weighted by molar-refractivity contribution is 0.217. The van der Waals surface area contributed by atoms with Gasteiger partial charge in [0.25, 0.3) is 0 Å². The highest BCUT2D eigenvalue weighted by atomic mass is 16.3. The first-order chi connectivity index (χ1) is 14.6. The monoisotopic (exact) mass is 430 g/mol. The van der Waals surface area contributed by atoms with Crippen molar-refractivity contribution in [3.05, 3.63) is 0 Å². The molecule has 0 aliphatic carbocycles. The van der Waals surface area contributed by atoms with Crippen LogP contribution in [0.3, 0.4) is 0 Å². The van der Waals surface area contributed by atoms with Crippen LogP contribution in [-0.4, -0.2) is 61.6 Å². The molecule has 184 valence electrons.